The summed E-state index contributed by atoms with van der Waals surface area (Å²) in [6.07, 6.45) is 0.977. The van der Waals surface area contributed by atoms with E-state index < -0.39 is 10.0 Å². The Morgan fingerprint density at radius 1 is 1.15 bits per heavy atom. The molecule has 1 saturated heterocycles. The first-order valence-corrected chi connectivity index (χ1v) is 10.0. The number of carbonyl (C=O) groups excluding carboxylic acids is 2. The summed E-state index contributed by atoms with van der Waals surface area (Å²) in [7, 11) is -3.41. The summed E-state index contributed by atoms with van der Waals surface area (Å²) in [5.41, 5.74) is 6.32. The smallest absolute Gasteiger partial charge is 0.261 e. The van der Waals surface area contributed by atoms with Crippen LogP contribution in [0.25, 0.3) is 0 Å². The van der Waals surface area contributed by atoms with E-state index in [9.17, 15) is 18.0 Å². The highest BCUT2D eigenvalue weighted by Gasteiger charge is 2.39. The van der Waals surface area contributed by atoms with Gasteiger partial charge in [0.15, 0.2) is 0 Å². The van der Waals surface area contributed by atoms with Crippen LogP contribution in [-0.4, -0.2) is 61.4 Å². The Hall–Kier alpha value is -1.48. The molecule has 1 aromatic carbocycles. The van der Waals surface area contributed by atoms with Gasteiger partial charge >= 0.3 is 0 Å². The summed E-state index contributed by atoms with van der Waals surface area (Å²) >= 11 is 0. The van der Waals surface area contributed by atoms with E-state index in [4.69, 9.17) is 5.73 Å². The van der Waals surface area contributed by atoms with E-state index in [0.29, 0.717) is 30.8 Å². The van der Waals surface area contributed by atoms with Crippen LogP contribution in [0.2, 0.25) is 0 Å². The SMILES string of the molecule is CC1(CN)CCN(S(=O)(=O)CCCN2C(=O)c3ccccc3C2=O)C1.Cl. The summed E-state index contributed by atoms with van der Waals surface area (Å²) in [5.74, 6) is -0.786. The lowest BCUT2D eigenvalue weighted by Gasteiger charge is -2.22. The van der Waals surface area contributed by atoms with Crippen LogP contribution in [0.5, 0.6) is 0 Å². The van der Waals surface area contributed by atoms with Crippen molar-refractivity contribution in [3.8, 4) is 0 Å². The number of benzene rings is 1. The maximum atomic E-state index is 12.5. The molecule has 0 spiro atoms. The van der Waals surface area contributed by atoms with Crippen LogP contribution < -0.4 is 5.73 Å². The van der Waals surface area contributed by atoms with Crippen LogP contribution in [0.4, 0.5) is 0 Å². The number of nitrogens with two attached hydrogens (primary N) is 1. The molecule has 2 aliphatic rings. The van der Waals surface area contributed by atoms with Crippen molar-refractivity contribution >= 4 is 34.2 Å². The number of hydrogen-bond donors (Lipinski definition) is 1. The second kappa shape index (κ2) is 7.64. The molecule has 0 bridgehead atoms. The minimum Gasteiger partial charge on any atom is -0.330 e. The number of hydrogen-bond acceptors (Lipinski definition) is 5. The molecule has 1 unspecified atom stereocenters. The van der Waals surface area contributed by atoms with Crippen molar-refractivity contribution in [1.29, 1.82) is 0 Å². The monoisotopic (exact) mass is 401 g/mol. The molecule has 0 aliphatic carbocycles. The van der Waals surface area contributed by atoms with Crippen LogP contribution in [0, 0.1) is 5.41 Å². The molecule has 3 rings (SSSR count). The van der Waals surface area contributed by atoms with E-state index in [1.807, 2.05) is 6.92 Å². The summed E-state index contributed by atoms with van der Waals surface area (Å²) in [6.45, 7) is 3.45. The largest absolute Gasteiger partial charge is 0.330 e. The van der Waals surface area contributed by atoms with Gasteiger partial charge in [-0.2, -0.15) is 0 Å². The van der Waals surface area contributed by atoms with Gasteiger partial charge in [-0.3, -0.25) is 14.5 Å². The molecule has 7 nitrogen and oxygen atoms in total. The molecule has 26 heavy (non-hydrogen) atoms. The summed E-state index contributed by atoms with van der Waals surface area (Å²) in [4.78, 5) is 25.7. The van der Waals surface area contributed by atoms with Gasteiger partial charge in [0.1, 0.15) is 0 Å². The molecule has 2 N–H and O–H groups in total. The van der Waals surface area contributed by atoms with E-state index >= 15 is 0 Å². The third-order valence-corrected chi connectivity index (χ3v) is 6.97. The van der Waals surface area contributed by atoms with E-state index in [2.05, 4.69) is 0 Å². The second-order valence-corrected chi connectivity index (χ2v) is 9.16. The highest BCUT2D eigenvalue weighted by atomic mass is 35.5. The zero-order valence-electron chi connectivity index (χ0n) is 14.7. The predicted molar refractivity (Wildman–Crippen MR) is 101 cm³/mol. The summed E-state index contributed by atoms with van der Waals surface area (Å²) in [6, 6.07) is 6.65. The topological polar surface area (TPSA) is 101 Å². The molecule has 0 saturated carbocycles. The van der Waals surface area contributed by atoms with Gasteiger partial charge in [0.2, 0.25) is 10.0 Å². The highest BCUT2D eigenvalue weighted by Crippen LogP contribution is 2.30. The lowest BCUT2D eigenvalue weighted by atomic mass is 9.90. The van der Waals surface area contributed by atoms with Gasteiger partial charge in [-0.15, -0.1) is 12.4 Å². The molecule has 1 atom stereocenters. The van der Waals surface area contributed by atoms with Crippen molar-refractivity contribution < 1.29 is 18.0 Å². The first-order valence-electron chi connectivity index (χ1n) is 8.40. The molecular weight excluding hydrogens is 378 g/mol. The molecule has 1 fully saturated rings. The van der Waals surface area contributed by atoms with Crippen molar-refractivity contribution in [2.75, 3.05) is 31.9 Å². The standard InChI is InChI=1S/C17H23N3O4S.ClH/c1-17(11-18)7-9-19(12-17)25(23,24)10-4-8-20-15(21)13-5-2-3-6-14(13)16(20)22;/h2-3,5-6H,4,7-12,18H2,1H3;1H. The Labute approximate surface area is 160 Å². The number of nitrogens with zero attached hydrogens (tertiary/aromatic N) is 2. The zero-order valence-corrected chi connectivity index (χ0v) is 16.3. The van der Waals surface area contributed by atoms with Gasteiger partial charge in [0, 0.05) is 19.6 Å². The molecule has 2 amide bonds. The van der Waals surface area contributed by atoms with E-state index in [1.54, 1.807) is 24.3 Å². The summed E-state index contributed by atoms with van der Waals surface area (Å²) in [5, 5.41) is 0. The Bertz CT molecular complexity index is 779. The molecule has 2 aliphatic heterocycles. The molecule has 2 heterocycles. The Morgan fingerprint density at radius 3 is 2.23 bits per heavy atom. The number of amides is 2. The number of fused-ring (bicyclic) bond motifs is 1. The highest BCUT2D eigenvalue weighted by molar-refractivity contribution is 7.89. The predicted octanol–water partition coefficient (Wildman–Crippen LogP) is 1.10. The van der Waals surface area contributed by atoms with E-state index in [1.165, 1.54) is 4.31 Å². The van der Waals surface area contributed by atoms with Crippen molar-refractivity contribution in [3.63, 3.8) is 0 Å². The fourth-order valence-corrected chi connectivity index (χ4v) is 4.99. The van der Waals surface area contributed by atoms with Crippen LogP contribution >= 0.6 is 12.4 Å². The quantitative estimate of drug-likeness (QED) is 0.719. The van der Waals surface area contributed by atoms with Gasteiger partial charge in [0.25, 0.3) is 11.8 Å². The van der Waals surface area contributed by atoms with Gasteiger partial charge in [-0.05, 0) is 36.9 Å². The average Bonchev–Trinajstić information content (AvgIpc) is 3.11. The number of rotatable bonds is 6. The van der Waals surface area contributed by atoms with Crippen LogP contribution in [0.1, 0.15) is 40.5 Å². The third kappa shape index (κ3) is 3.78. The minimum absolute atomic E-state index is 0. The molecular formula is C17H24ClN3O4S. The third-order valence-electron chi connectivity index (χ3n) is 5.07. The van der Waals surface area contributed by atoms with Gasteiger partial charge in [-0.25, -0.2) is 12.7 Å². The zero-order chi connectivity index (χ0) is 18.2. The van der Waals surface area contributed by atoms with Gasteiger partial charge in [-0.1, -0.05) is 19.1 Å². The van der Waals surface area contributed by atoms with Crippen molar-refractivity contribution in [2.45, 2.75) is 19.8 Å². The number of imide groups is 1. The fourth-order valence-electron chi connectivity index (χ4n) is 3.36. The van der Waals surface area contributed by atoms with Crippen LogP contribution in [0.3, 0.4) is 0 Å². The lowest BCUT2D eigenvalue weighted by Crippen LogP contribution is -2.37. The molecule has 0 radical (unpaired) electrons. The first-order chi connectivity index (χ1) is 11.8. The van der Waals surface area contributed by atoms with Gasteiger partial charge < -0.3 is 5.73 Å². The van der Waals surface area contributed by atoms with Crippen LogP contribution in [0.15, 0.2) is 24.3 Å². The molecule has 144 valence electrons. The van der Waals surface area contributed by atoms with E-state index in [0.717, 1.165) is 11.3 Å². The average molecular weight is 402 g/mol. The van der Waals surface area contributed by atoms with Gasteiger partial charge in [0.05, 0.1) is 16.9 Å². The lowest BCUT2D eigenvalue weighted by molar-refractivity contribution is 0.0654. The maximum absolute atomic E-state index is 12.5. The maximum Gasteiger partial charge on any atom is 0.261 e. The normalized spacial score (nSPS) is 23.2. The Morgan fingerprint density at radius 2 is 1.73 bits per heavy atom. The van der Waals surface area contributed by atoms with E-state index in [-0.39, 0.29) is 48.4 Å². The number of carbonyl (C=O) groups is 2. The first kappa shape index (κ1) is 20.8. The van der Waals surface area contributed by atoms with Crippen molar-refractivity contribution in [3.05, 3.63) is 35.4 Å². The Balaban J connectivity index is 0.00000243. The molecule has 9 heteroatoms. The second-order valence-electron chi connectivity index (χ2n) is 7.08. The molecule has 0 aromatic heterocycles. The van der Waals surface area contributed by atoms with Crippen molar-refractivity contribution in [1.82, 2.24) is 9.21 Å². The fraction of sp³-hybridized carbons (Fsp3) is 0.529. The van der Waals surface area contributed by atoms with Crippen LogP contribution in [-0.2, 0) is 10.0 Å². The van der Waals surface area contributed by atoms with Crippen molar-refractivity contribution in [2.24, 2.45) is 11.1 Å². The molecule has 1 aromatic rings. The summed E-state index contributed by atoms with van der Waals surface area (Å²) < 4.78 is 26.5. The Kier molecular flexibility index (Phi) is 6.12. The number of sulfonamides is 1. The minimum atomic E-state index is -3.41. The number of halogens is 1.